The van der Waals surface area contributed by atoms with Crippen LogP contribution in [0.15, 0.2) is 96.2 Å². The van der Waals surface area contributed by atoms with Gasteiger partial charge in [-0.3, -0.25) is 67.3 Å². The molecule has 24 N–H and O–H groups in total. The van der Waals surface area contributed by atoms with Crippen molar-refractivity contribution in [3.63, 3.8) is 0 Å². The topological polar surface area (TPSA) is 551 Å². The van der Waals surface area contributed by atoms with Crippen LogP contribution in [0.3, 0.4) is 0 Å². The van der Waals surface area contributed by atoms with Crippen LogP contribution in [0.1, 0.15) is 127 Å². The Labute approximate surface area is 631 Å². The number of hydrogen-bond donors (Lipinski definition) is 17. The molecule has 13 amide bonds. The Morgan fingerprint density at radius 1 is 0.500 bits per heavy atom. The number of H-pyrrole nitrogens is 2. The Balaban J connectivity index is 1.15. The molecule has 0 radical (unpaired) electrons. The molecule has 33 nitrogen and oxygen atoms in total. The summed E-state index contributed by atoms with van der Waals surface area (Å²) >= 11 is 1.45. The first-order valence-corrected chi connectivity index (χ1v) is 38.1. The van der Waals surface area contributed by atoms with Gasteiger partial charge in [-0.15, -0.1) is 0 Å². The van der Waals surface area contributed by atoms with E-state index in [9.17, 15) is 47.9 Å². The van der Waals surface area contributed by atoms with E-state index in [2.05, 4.69) is 57.5 Å². The maximum Gasteiger partial charge on any atom is 0.245 e. The highest BCUT2D eigenvalue weighted by Crippen LogP contribution is 2.26. The number of para-hydroxylation sites is 2. The van der Waals surface area contributed by atoms with Gasteiger partial charge in [0.15, 0.2) is 5.96 Å². The third-order valence-electron chi connectivity index (χ3n) is 19.1. The molecule has 0 bridgehead atoms. The van der Waals surface area contributed by atoms with Crippen LogP contribution in [0, 0.1) is 5.92 Å². The molecular formula is C74H106N20O13S. The number of aliphatic imine (C=N–C) groups is 1. The van der Waals surface area contributed by atoms with Crippen molar-refractivity contribution in [3.8, 4) is 0 Å². The van der Waals surface area contributed by atoms with Gasteiger partial charge in [-0.25, -0.2) is 0 Å². The van der Waals surface area contributed by atoms with E-state index in [0.29, 0.717) is 71.9 Å². The summed E-state index contributed by atoms with van der Waals surface area (Å²) < 4.78 is 0. The molecule has 3 aromatic carbocycles. The molecule has 0 aliphatic carbocycles. The second kappa shape index (κ2) is 42.1. The second-order valence-corrected chi connectivity index (χ2v) is 28.8. The monoisotopic (exact) mass is 1510 g/mol. The number of guanidine groups is 1. The fourth-order valence-corrected chi connectivity index (χ4v) is 13.9. The molecule has 7 rings (SSSR count). The molecule has 34 heteroatoms. The maximum absolute atomic E-state index is 15.4. The van der Waals surface area contributed by atoms with Crippen LogP contribution < -0.4 is 82.7 Å². The van der Waals surface area contributed by atoms with Crippen molar-refractivity contribution in [1.29, 1.82) is 0 Å². The summed E-state index contributed by atoms with van der Waals surface area (Å²) in [5.74, 6) is -10.1. The van der Waals surface area contributed by atoms with Gasteiger partial charge in [0.1, 0.15) is 60.4 Å². The number of aromatic nitrogens is 2. The molecule has 2 saturated heterocycles. The summed E-state index contributed by atoms with van der Waals surface area (Å²) in [6, 6.07) is 8.68. The fraction of sp³-hybridized carbons (Fsp3) is 0.514. The van der Waals surface area contributed by atoms with Crippen molar-refractivity contribution in [1.82, 2.24) is 62.3 Å². The number of amides is 13. The SMILES string of the molecule is CSCC[C@H](NC(=O)[C@H](CC(C)C)NC(=O)[C@@H](Cc1c[nH]c2ccccc12)NC(=O)[C@H](Cc1ccccc1)NC(=O)[C@@H](Cc1c[nH]c2ccccc12)NC(=O)[C@H](CCC(N)=O)NC(=O)[C@H](CCC(N)=O)NC(=O)[C@H]1CCCN1C(=O)[C@H](CCCCN)NC(=O)[C@@H]1CCCN1C(=O)[C@@H](N)CCCN=C(N)N)C(N)=O. The highest BCUT2D eigenvalue weighted by molar-refractivity contribution is 7.98. The lowest BCUT2D eigenvalue weighted by atomic mass is 9.99. The lowest BCUT2D eigenvalue weighted by molar-refractivity contribution is -0.144. The number of aromatic amines is 2. The predicted molar refractivity (Wildman–Crippen MR) is 408 cm³/mol. The normalized spacial score (nSPS) is 16.6. The number of hydrogen-bond acceptors (Lipinski definition) is 17. The molecule has 5 aromatic rings. The zero-order chi connectivity index (χ0) is 78.6. The van der Waals surface area contributed by atoms with E-state index < -0.39 is 169 Å². The van der Waals surface area contributed by atoms with Crippen LogP contribution in [0.2, 0.25) is 0 Å². The van der Waals surface area contributed by atoms with Crippen molar-refractivity contribution in [2.24, 2.45) is 51.0 Å². The van der Waals surface area contributed by atoms with Gasteiger partial charge in [-0.05, 0) is 137 Å². The van der Waals surface area contributed by atoms with Gasteiger partial charge < -0.3 is 102 Å². The molecular weight excluding hydrogens is 1410 g/mol. The van der Waals surface area contributed by atoms with Crippen molar-refractivity contribution in [2.45, 2.75) is 196 Å². The number of unbranched alkanes of at least 4 members (excludes halogenated alkanes) is 1. The van der Waals surface area contributed by atoms with Crippen LogP contribution in [-0.2, 0) is 81.6 Å². The molecule has 11 atom stereocenters. The molecule has 2 aliphatic rings. The summed E-state index contributed by atoms with van der Waals surface area (Å²) in [4.78, 5) is 197. The number of nitrogens with two attached hydrogens (primary N) is 7. The molecule has 2 aliphatic heterocycles. The lowest BCUT2D eigenvalue weighted by Gasteiger charge is -2.32. The fourth-order valence-electron chi connectivity index (χ4n) is 13.4. The number of nitrogens with zero attached hydrogens (tertiary/aromatic N) is 3. The number of nitrogens with one attached hydrogen (secondary N) is 10. The Morgan fingerprint density at radius 3 is 1.44 bits per heavy atom. The van der Waals surface area contributed by atoms with Crippen molar-refractivity contribution < 1.29 is 62.3 Å². The molecule has 108 heavy (non-hydrogen) atoms. The smallest absolute Gasteiger partial charge is 0.245 e. The van der Waals surface area contributed by atoms with Crippen LogP contribution in [-0.4, -0.2) is 207 Å². The van der Waals surface area contributed by atoms with E-state index in [-0.39, 0.29) is 89.4 Å². The zero-order valence-electron chi connectivity index (χ0n) is 61.5. The Bertz CT molecular complexity index is 3980. The number of primary amides is 3. The van der Waals surface area contributed by atoms with Gasteiger partial charge in [-0.1, -0.05) is 80.6 Å². The van der Waals surface area contributed by atoms with Crippen LogP contribution in [0.4, 0.5) is 0 Å². The zero-order valence-corrected chi connectivity index (χ0v) is 62.3. The maximum atomic E-state index is 15.4. The van der Waals surface area contributed by atoms with E-state index in [1.54, 1.807) is 73.1 Å². The molecule has 586 valence electrons. The molecule has 2 fully saturated rings. The number of likely N-dealkylation sites (tertiary alicyclic amines) is 2. The third-order valence-corrected chi connectivity index (χ3v) is 19.8. The second-order valence-electron chi connectivity index (χ2n) is 27.8. The highest BCUT2D eigenvalue weighted by Gasteiger charge is 2.43. The van der Waals surface area contributed by atoms with Gasteiger partial charge in [0.25, 0.3) is 0 Å². The van der Waals surface area contributed by atoms with E-state index >= 15 is 14.4 Å². The van der Waals surface area contributed by atoms with Gasteiger partial charge in [0, 0.05) is 85.9 Å². The van der Waals surface area contributed by atoms with Crippen LogP contribution >= 0.6 is 11.8 Å². The summed E-state index contributed by atoms with van der Waals surface area (Å²) in [7, 11) is 0. The first kappa shape index (κ1) is 84.6. The number of carbonyl (C=O) groups excluding carboxylic acids is 13. The summed E-state index contributed by atoms with van der Waals surface area (Å²) in [5.41, 5.74) is 43.1. The van der Waals surface area contributed by atoms with E-state index in [4.69, 9.17) is 40.1 Å². The number of rotatable bonds is 44. The third kappa shape index (κ3) is 25.3. The molecule has 4 heterocycles. The van der Waals surface area contributed by atoms with Crippen LogP contribution in [0.5, 0.6) is 0 Å². The van der Waals surface area contributed by atoms with Gasteiger partial charge in [-0.2, -0.15) is 11.8 Å². The minimum Gasteiger partial charge on any atom is -0.370 e. The van der Waals surface area contributed by atoms with E-state index in [1.165, 1.54) is 21.6 Å². The predicted octanol–water partition coefficient (Wildman–Crippen LogP) is -1.14. The van der Waals surface area contributed by atoms with Crippen molar-refractivity contribution in [3.05, 3.63) is 108 Å². The molecule has 0 saturated carbocycles. The highest BCUT2D eigenvalue weighted by atomic mass is 32.2. The number of carbonyl (C=O) groups is 13. The van der Waals surface area contributed by atoms with Gasteiger partial charge >= 0.3 is 0 Å². The average Bonchev–Trinajstić information content (AvgIpc) is 1.65. The number of fused-ring (bicyclic) bond motifs is 2. The van der Waals surface area contributed by atoms with E-state index in [1.807, 2.05) is 38.3 Å². The minimum absolute atomic E-state index is 0.0616. The summed E-state index contributed by atoms with van der Waals surface area (Å²) in [5, 5.41) is 23.5. The quantitative estimate of drug-likeness (QED) is 0.0125. The Hall–Kier alpha value is -10.6. The number of benzene rings is 3. The first-order chi connectivity index (χ1) is 51.7. The molecule has 2 aromatic heterocycles. The van der Waals surface area contributed by atoms with Crippen LogP contribution in [0.25, 0.3) is 21.8 Å². The summed E-state index contributed by atoms with van der Waals surface area (Å²) in [6.45, 7) is 4.52. The first-order valence-electron chi connectivity index (χ1n) is 36.7. The number of thioether (sulfide) groups is 1. The minimum atomic E-state index is -1.69. The van der Waals surface area contributed by atoms with Crippen molar-refractivity contribution >= 4 is 116 Å². The van der Waals surface area contributed by atoms with Gasteiger partial charge in [0.2, 0.25) is 76.8 Å². The largest absolute Gasteiger partial charge is 0.370 e. The van der Waals surface area contributed by atoms with E-state index in [0.717, 1.165) is 10.9 Å². The van der Waals surface area contributed by atoms with Gasteiger partial charge in [0.05, 0.1) is 6.04 Å². The Morgan fingerprint density at radius 2 is 0.944 bits per heavy atom. The van der Waals surface area contributed by atoms with Crippen molar-refractivity contribution in [2.75, 3.05) is 38.2 Å². The molecule has 0 spiro atoms. The average molecular weight is 1520 g/mol. The summed E-state index contributed by atoms with van der Waals surface area (Å²) in [6.07, 6.45) is 5.97. The standard InChI is InChI=1S/C74H106N20O13S/c1-42(2)36-55(66(100)85-51(63(79)97)30-35-108-3)89-68(102)58(39-45-41-84-50-22-10-8-19-47(45)50)92-67(101)56(37-43-16-5-4-6-17-43)90-69(103)57(38-44-40-83-49-21-9-7-18-46(44)49)91-65(99)52(26-28-61(77)95)86-64(98)53(27-29-62(78)96)87-70(104)60-25-15-34-94(60)73(107)54(23-11-12-31-75)88-71(105)59-24-14-33-93(59)72(106)48(76)20-13-32-82-74(80)81/h4-10,16-19,21-22,40-42,48,51-60,83-84H,11-15,20,23-39,75-76H2,1-3H3,(H2,77,95)(H2,78,96)(H2,79,97)(H,85,100)(H,86,98)(H,87,104)(H,88,105)(H,89,102)(H,90,103)(H,91,99)(H,92,101)(H4,80,81,82)/t48-,51-,52-,53-,54-,55-,56-,57+,58+,59-,60+/m0/s1. The molecule has 0 unspecified atom stereocenters. The lowest BCUT2D eigenvalue weighted by Crippen LogP contribution is -2.61. The Kier molecular flexibility index (Phi) is 33.0.